The third-order valence-electron chi connectivity index (χ3n) is 5.77. The van der Waals surface area contributed by atoms with Crippen LogP contribution in [-0.4, -0.2) is 64.0 Å². The highest BCUT2D eigenvalue weighted by Gasteiger charge is 2.35. The molecule has 6 heteroatoms. The Balaban J connectivity index is 1.40. The molecule has 140 valence electrons. The Morgan fingerprint density at radius 2 is 2.04 bits per heavy atom. The molecule has 0 unspecified atom stereocenters. The van der Waals surface area contributed by atoms with E-state index in [1.807, 2.05) is 4.90 Å². The van der Waals surface area contributed by atoms with Crippen LogP contribution in [0.4, 0.5) is 0 Å². The van der Waals surface area contributed by atoms with E-state index in [9.17, 15) is 4.79 Å². The molecule has 26 heavy (non-hydrogen) atoms. The van der Waals surface area contributed by atoms with Crippen molar-refractivity contribution < 1.29 is 9.53 Å². The second-order valence-electron chi connectivity index (χ2n) is 7.73. The number of nitrogens with zero attached hydrogens (tertiary/aromatic N) is 4. The van der Waals surface area contributed by atoms with Gasteiger partial charge in [0.25, 0.3) is 5.91 Å². The zero-order valence-electron chi connectivity index (χ0n) is 15.9. The molecule has 0 spiro atoms. The van der Waals surface area contributed by atoms with Crippen LogP contribution in [0.1, 0.15) is 30.3 Å². The van der Waals surface area contributed by atoms with Crippen molar-refractivity contribution in [3.63, 3.8) is 0 Å². The van der Waals surface area contributed by atoms with Crippen molar-refractivity contribution in [3.05, 3.63) is 35.3 Å². The van der Waals surface area contributed by atoms with Gasteiger partial charge in [0.05, 0.1) is 11.4 Å². The lowest BCUT2D eigenvalue weighted by Gasteiger charge is -2.36. The minimum Gasteiger partial charge on any atom is -0.368 e. The normalized spacial score (nSPS) is 24.5. The van der Waals surface area contributed by atoms with E-state index in [0.29, 0.717) is 12.5 Å². The van der Waals surface area contributed by atoms with Crippen molar-refractivity contribution in [1.29, 1.82) is 0 Å². The summed E-state index contributed by atoms with van der Waals surface area (Å²) in [5, 5.41) is 0. The summed E-state index contributed by atoms with van der Waals surface area (Å²) >= 11 is 0. The van der Waals surface area contributed by atoms with Crippen LogP contribution in [0.25, 0.3) is 5.65 Å². The first kappa shape index (κ1) is 17.5. The average molecular weight is 356 g/mol. The Kier molecular flexibility index (Phi) is 4.71. The fourth-order valence-corrected chi connectivity index (χ4v) is 4.03. The maximum atomic E-state index is 12.7. The first-order valence-electron chi connectivity index (χ1n) is 9.60. The molecule has 2 fully saturated rings. The minimum absolute atomic E-state index is 0.177. The van der Waals surface area contributed by atoms with Gasteiger partial charge in [-0.05, 0) is 43.9 Å². The number of hydrogen-bond acceptors (Lipinski definition) is 4. The molecule has 2 aromatic heterocycles. The monoisotopic (exact) mass is 356 g/mol. The lowest BCUT2D eigenvalue weighted by molar-refractivity contribution is -0.144. The van der Waals surface area contributed by atoms with Gasteiger partial charge in [0.15, 0.2) is 0 Å². The number of amides is 1. The molecule has 2 saturated heterocycles. The fourth-order valence-electron chi connectivity index (χ4n) is 4.03. The van der Waals surface area contributed by atoms with Crippen molar-refractivity contribution >= 4 is 11.6 Å². The topological polar surface area (TPSA) is 50.1 Å². The lowest BCUT2D eigenvalue weighted by Crippen LogP contribution is -2.51. The van der Waals surface area contributed by atoms with Gasteiger partial charge in [-0.2, -0.15) is 0 Å². The van der Waals surface area contributed by atoms with Gasteiger partial charge in [-0.15, -0.1) is 0 Å². The third kappa shape index (κ3) is 3.23. The van der Waals surface area contributed by atoms with Crippen LogP contribution in [0.5, 0.6) is 0 Å². The van der Waals surface area contributed by atoms with E-state index in [4.69, 9.17) is 9.72 Å². The zero-order chi connectivity index (χ0) is 18.3. The molecule has 0 aromatic carbocycles. The molecular weight excluding hydrogens is 328 g/mol. The highest BCUT2D eigenvalue weighted by atomic mass is 16.5. The largest absolute Gasteiger partial charge is 0.368 e. The molecule has 1 amide bonds. The van der Waals surface area contributed by atoms with Crippen LogP contribution in [0, 0.1) is 19.8 Å². The van der Waals surface area contributed by atoms with Crippen molar-refractivity contribution in [1.82, 2.24) is 19.2 Å². The number of piperazine rings is 1. The van der Waals surface area contributed by atoms with Crippen LogP contribution in [0.2, 0.25) is 0 Å². The Hall–Kier alpha value is -1.92. The van der Waals surface area contributed by atoms with Gasteiger partial charge in [0, 0.05) is 45.5 Å². The molecule has 6 nitrogen and oxygen atoms in total. The number of rotatable bonds is 3. The number of imidazole rings is 1. The molecule has 2 aliphatic rings. The predicted octanol–water partition coefficient (Wildman–Crippen LogP) is 2.02. The van der Waals surface area contributed by atoms with Crippen LogP contribution >= 0.6 is 0 Å². The van der Waals surface area contributed by atoms with E-state index in [1.165, 1.54) is 11.3 Å². The molecule has 0 aliphatic carbocycles. The molecule has 2 aliphatic heterocycles. The summed E-state index contributed by atoms with van der Waals surface area (Å²) in [6.07, 6.45) is 2.87. The van der Waals surface area contributed by atoms with Crippen molar-refractivity contribution in [2.45, 2.75) is 39.8 Å². The molecule has 0 bridgehead atoms. The number of aryl methyl sites for hydroxylation is 2. The van der Waals surface area contributed by atoms with Crippen LogP contribution in [-0.2, 0) is 16.1 Å². The van der Waals surface area contributed by atoms with E-state index >= 15 is 0 Å². The fraction of sp³-hybridized carbons (Fsp3) is 0.600. The van der Waals surface area contributed by atoms with Crippen molar-refractivity contribution in [2.24, 2.45) is 5.92 Å². The van der Waals surface area contributed by atoms with Crippen LogP contribution in [0.3, 0.4) is 0 Å². The minimum atomic E-state index is -0.231. The van der Waals surface area contributed by atoms with Gasteiger partial charge in [-0.25, -0.2) is 4.98 Å². The molecule has 0 radical (unpaired) electrons. The van der Waals surface area contributed by atoms with Crippen molar-refractivity contribution in [2.75, 3.05) is 32.8 Å². The number of aromatic nitrogens is 2. The van der Waals surface area contributed by atoms with E-state index in [2.05, 4.69) is 48.4 Å². The molecule has 0 saturated carbocycles. The molecule has 0 N–H and O–H groups in total. The maximum absolute atomic E-state index is 12.7. The SMILES string of the molecule is Cc1ccn2c(CN3CCN(C(=O)[C@H]4OCC[C@H]4C)CC3)c(C)nc2c1. The number of carbonyl (C=O) groups is 1. The number of carbonyl (C=O) groups excluding carboxylic acids is 1. The maximum Gasteiger partial charge on any atom is 0.252 e. The summed E-state index contributed by atoms with van der Waals surface area (Å²) in [7, 11) is 0. The average Bonchev–Trinajstić information content (AvgIpc) is 3.18. The lowest BCUT2D eigenvalue weighted by atomic mass is 10.0. The molecule has 2 aromatic rings. The second kappa shape index (κ2) is 7.00. The number of fused-ring (bicyclic) bond motifs is 1. The Morgan fingerprint density at radius 1 is 1.27 bits per heavy atom. The summed E-state index contributed by atoms with van der Waals surface area (Å²) in [4.78, 5) is 21.8. The third-order valence-corrected chi connectivity index (χ3v) is 5.77. The zero-order valence-corrected chi connectivity index (χ0v) is 15.9. The van der Waals surface area contributed by atoms with Crippen LogP contribution in [0.15, 0.2) is 18.3 Å². The van der Waals surface area contributed by atoms with E-state index in [1.54, 1.807) is 0 Å². The Bertz CT molecular complexity index is 807. The van der Waals surface area contributed by atoms with Gasteiger partial charge < -0.3 is 14.0 Å². The standard InChI is InChI=1S/C20H28N4O2/c1-14-4-6-24-17(16(3)21-18(24)12-14)13-22-7-9-23(10-8-22)20(25)19-15(2)5-11-26-19/h4,6,12,15,19H,5,7-11,13H2,1-3H3/t15-,19+/m1/s1. The highest BCUT2D eigenvalue weighted by Crippen LogP contribution is 2.23. The quantitative estimate of drug-likeness (QED) is 0.844. The van der Waals surface area contributed by atoms with E-state index in [0.717, 1.165) is 50.5 Å². The first-order chi connectivity index (χ1) is 12.5. The van der Waals surface area contributed by atoms with Crippen molar-refractivity contribution in [3.8, 4) is 0 Å². The molecular formula is C20H28N4O2. The van der Waals surface area contributed by atoms with E-state index < -0.39 is 0 Å². The van der Waals surface area contributed by atoms with Gasteiger partial charge in [-0.1, -0.05) is 6.92 Å². The summed E-state index contributed by atoms with van der Waals surface area (Å²) in [6.45, 7) is 11.2. The smallest absolute Gasteiger partial charge is 0.252 e. The van der Waals surface area contributed by atoms with Crippen LogP contribution < -0.4 is 0 Å². The van der Waals surface area contributed by atoms with Gasteiger partial charge in [0.2, 0.25) is 0 Å². The number of ether oxygens (including phenoxy) is 1. The first-order valence-corrected chi connectivity index (χ1v) is 9.60. The number of pyridine rings is 1. The Labute approximate surface area is 154 Å². The molecule has 4 rings (SSSR count). The van der Waals surface area contributed by atoms with Gasteiger partial charge in [0.1, 0.15) is 11.8 Å². The predicted molar refractivity (Wildman–Crippen MR) is 100 cm³/mol. The summed E-state index contributed by atoms with van der Waals surface area (Å²) in [6, 6.07) is 4.24. The molecule has 4 heterocycles. The number of hydrogen-bond donors (Lipinski definition) is 0. The van der Waals surface area contributed by atoms with E-state index in [-0.39, 0.29) is 12.0 Å². The summed E-state index contributed by atoms with van der Waals surface area (Å²) < 4.78 is 7.84. The second-order valence-corrected chi connectivity index (χ2v) is 7.73. The summed E-state index contributed by atoms with van der Waals surface area (Å²) in [5.74, 6) is 0.515. The highest BCUT2D eigenvalue weighted by molar-refractivity contribution is 5.81. The molecule has 2 atom stereocenters. The summed E-state index contributed by atoms with van der Waals surface area (Å²) in [5.41, 5.74) is 4.57. The van der Waals surface area contributed by atoms with Gasteiger partial charge in [-0.3, -0.25) is 9.69 Å². The van der Waals surface area contributed by atoms with Gasteiger partial charge >= 0.3 is 0 Å². The Morgan fingerprint density at radius 3 is 2.73 bits per heavy atom.